The topological polar surface area (TPSA) is 61.7 Å². The van der Waals surface area contributed by atoms with Crippen LogP contribution < -0.4 is 10.8 Å². The van der Waals surface area contributed by atoms with Crippen LogP contribution in [-0.4, -0.2) is 36.9 Å². The summed E-state index contributed by atoms with van der Waals surface area (Å²) in [6, 6.07) is 7.15. The number of hydrogen-bond donors (Lipinski definition) is 3. The largest absolute Gasteiger partial charge is 0.488 e. The van der Waals surface area contributed by atoms with Gasteiger partial charge in [-0.2, -0.15) is 0 Å². The molecule has 0 bridgehead atoms. The third-order valence-electron chi connectivity index (χ3n) is 2.53. The lowest BCUT2D eigenvalue weighted by molar-refractivity contribution is 0.0277. The third-order valence-corrected chi connectivity index (χ3v) is 2.53. The highest BCUT2D eigenvalue weighted by molar-refractivity contribution is 6.58. The van der Waals surface area contributed by atoms with Gasteiger partial charge in [0.25, 0.3) is 0 Å². The Bertz CT molecular complexity index is 309. The smallest absolute Gasteiger partial charge is 0.423 e. The first-order chi connectivity index (χ1) is 7.27. The molecule has 0 spiro atoms. The predicted molar refractivity (Wildman–Crippen MR) is 57.8 cm³/mol. The van der Waals surface area contributed by atoms with Crippen molar-refractivity contribution < 1.29 is 14.8 Å². The molecule has 1 atom stereocenters. The van der Waals surface area contributed by atoms with Crippen molar-refractivity contribution in [2.75, 3.05) is 19.7 Å². The zero-order valence-electron chi connectivity index (χ0n) is 8.39. The summed E-state index contributed by atoms with van der Waals surface area (Å²) in [4.78, 5) is 0. The minimum atomic E-state index is -1.40. The van der Waals surface area contributed by atoms with Crippen LogP contribution >= 0.6 is 0 Å². The van der Waals surface area contributed by atoms with Gasteiger partial charge in [0, 0.05) is 13.1 Å². The predicted octanol–water partition coefficient (Wildman–Crippen LogP) is -0.973. The van der Waals surface area contributed by atoms with Gasteiger partial charge in [0.15, 0.2) is 0 Å². The van der Waals surface area contributed by atoms with Crippen LogP contribution in [0.4, 0.5) is 0 Å². The molecule has 1 aromatic carbocycles. The molecule has 1 saturated heterocycles. The van der Waals surface area contributed by atoms with Gasteiger partial charge >= 0.3 is 7.12 Å². The molecule has 5 heteroatoms. The summed E-state index contributed by atoms with van der Waals surface area (Å²) in [7, 11) is -1.40. The van der Waals surface area contributed by atoms with Crippen LogP contribution in [-0.2, 0) is 4.74 Å². The Balaban J connectivity index is 2.08. The van der Waals surface area contributed by atoms with E-state index < -0.39 is 7.12 Å². The summed E-state index contributed by atoms with van der Waals surface area (Å²) in [6.07, 6.45) is 0.0728. The van der Waals surface area contributed by atoms with E-state index in [1.165, 1.54) is 0 Å². The fraction of sp³-hybridized carbons (Fsp3) is 0.400. The maximum absolute atomic E-state index is 8.94. The molecule has 0 aliphatic carbocycles. The first-order valence-electron chi connectivity index (χ1n) is 5.05. The van der Waals surface area contributed by atoms with Crippen molar-refractivity contribution in [3.05, 3.63) is 29.8 Å². The van der Waals surface area contributed by atoms with Gasteiger partial charge in [-0.25, -0.2) is 0 Å². The van der Waals surface area contributed by atoms with Gasteiger partial charge in [-0.3, -0.25) is 0 Å². The van der Waals surface area contributed by atoms with Crippen molar-refractivity contribution in [3.8, 4) is 0 Å². The second-order valence-electron chi connectivity index (χ2n) is 3.60. The molecule has 3 N–H and O–H groups in total. The molecule has 1 fully saturated rings. The molecule has 0 amide bonds. The number of nitrogens with one attached hydrogen (secondary N) is 1. The Morgan fingerprint density at radius 3 is 2.53 bits per heavy atom. The lowest BCUT2D eigenvalue weighted by Crippen LogP contribution is -2.34. The van der Waals surface area contributed by atoms with Gasteiger partial charge in [0.05, 0.1) is 12.7 Å². The molecule has 15 heavy (non-hydrogen) atoms. The average Bonchev–Trinajstić information content (AvgIpc) is 2.30. The van der Waals surface area contributed by atoms with Crippen molar-refractivity contribution in [2.45, 2.75) is 6.10 Å². The van der Waals surface area contributed by atoms with E-state index in [-0.39, 0.29) is 6.10 Å². The van der Waals surface area contributed by atoms with Crippen LogP contribution in [0.3, 0.4) is 0 Å². The molecule has 1 aliphatic rings. The van der Waals surface area contributed by atoms with E-state index in [1.54, 1.807) is 12.1 Å². The van der Waals surface area contributed by atoms with Crippen LogP contribution in [0.2, 0.25) is 0 Å². The number of benzene rings is 1. The summed E-state index contributed by atoms with van der Waals surface area (Å²) >= 11 is 0. The Labute approximate surface area is 89.0 Å². The van der Waals surface area contributed by atoms with Crippen molar-refractivity contribution >= 4 is 12.6 Å². The van der Waals surface area contributed by atoms with E-state index in [4.69, 9.17) is 14.8 Å². The van der Waals surface area contributed by atoms with Crippen LogP contribution in [0.5, 0.6) is 0 Å². The molecule has 0 saturated carbocycles. The molecule has 4 nitrogen and oxygen atoms in total. The Morgan fingerprint density at radius 2 is 2.00 bits per heavy atom. The summed E-state index contributed by atoms with van der Waals surface area (Å²) in [5.41, 5.74) is 1.56. The Hall–Kier alpha value is -0.875. The van der Waals surface area contributed by atoms with E-state index in [0.29, 0.717) is 5.46 Å². The standard InChI is InChI=1S/C10H14BNO3/c13-11(14)9-3-1-8(2-4-9)10-7-12-5-6-15-10/h1-4,10,12-14H,5-7H2. The van der Waals surface area contributed by atoms with Gasteiger partial charge in [-0.05, 0) is 11.0 Å². The highest BCUT2D eigenvalue weighted by atomic mass is 16.5. The molecule has 1 heterocycles. The third kappa shape index (κ3) is 2.57. The molecule has 2 rings (SSSR count). The lowest BCUT2D eigenvalue weighted by Gasteiger charge is -2.24. The highest BCUT2D eigenvalue weighted by Gasteiger charge is 2.16. The second kappa shape index (κ2) is 4.76. The first-order valence-corrected chi connectivity index (χ1v) is 5.05. The molecule has 0 radical (unpaired) electrons. The molecular weight excluding hydrogens is 193 g/mol. The number of rotatable bonds is 2. The zero-order chi connectivity index (χ0) is 10.7. The van der Waals surface area contributed by atoms with Crippen molar-refractivity contribution in [1.82, 2.24) is 5.32 Å². The van der Waals surface area contributed by atoms with Gasteiger partial charge in [-0.15, -0.1) is 0 Å². The van der Waals surface area contributed by atoms with Gasteiger partial charge in [-0.1, -0.05) is 24.3 Å². The summed E-state index contributed by atoms with van der Waals surface area (Å²) in [6.45, 7) is 2.42. The Morgan fingerprint density at radius 1 is 1.27 bits per heavy atom. The minimum Gasteiger partial charge on any atom is -0.423 e. The van der Waals surface area contributed by atoms with Crippen LogP contribution in [0.1, 0.15) is 11.7 Å². The fourth-order valence-corrected chi connectivity index (χ4v) is 1.66. The maximum Gasteiger partial charge on any atom is 0.488 e. The van der Waals surface area contributed by atoms with Crippen molar-refractivity contribution in [2.24, 2.45) is 0 Å². The lowest BCUT2D eigenvalue weighted by atomic mass is 9.80. The second-order valence-corrected chi connectivity index (χ2v) is 3.60. The highest BCUT2D eigenvalue weighted by Crippen LogP contribution is 2.17. The summed E-state index contributed by atoms with van der Waals surface area (Å²) in [5.74, 6) is 0. The summed E-state index contributed by atoms with van der Waals surface area (Å²) < 4.78 is 5.58. The van der Waals surface area contributed by atoms with Crippen molar-refractivity contribution in [1.29, 1.82) is 0 Å². The van der Waals surface area contributed by atoms with Gasteiger partial charge in [0.2, 0.25) is 0 Å². The van der Waals surface area contributed by atoms with Crippen molar-refractivity contribution in [3.63, 3.8) is 0 Å². The number of ether oxygens (including phenoxy) is 1. The normalized spacial score (nSPS) is 21.3. The maximum atomic E-state index is 8.94. The van der Waals surface area contributed by atoms with E-state index in [0.717, 1.165) is 25.3 Å². The first kappa shape index (κ1) is 10.6. The zero-order valence-corrected chi connectivity index (χ0v) is 8.39. The van der Waals surface area contributed by atoms with E-state index >= 15 is 0 Å². The van der Waals surface area contributed by atoms with Gasteiger partial charge in [0.1, 0.15) is 0 Å². The number of hydrogen-bond acceptors (Lipinski definition) is 4. The monoisotopic (exact) mass is 207 g/mol. The Kier molecular flexibility index (Phi) is 3.38. The van der Waals surface area contributed by atoms with Crippen LogP contribution in [0, 0.1) is 0 Å². The fourth-order valence-electron chi connectivity index (χ4n) is 1.66. The van der Waals surface area contributed by atoms with E-state index in [1.807, 2.05) is 12.1 Å². The molecular formula is C10H14BNO3. The summed E-state index contributed by atoms with van der Waals surface area (Å²) in [5, 5.41) is 21.1. The molecule has 1 unspecified atom stereocenters. The SMILES string of the molecule is OB(O)c1ccc(C2CNCCO2)cc1. The molecule has 1 aromatic rings. The molecule has 80 valence electrons. The molecule has 0 aromatic heterocycles. The minimum absolute atomic E-state index is 0.0728. The van der Waals surface area contributed by atoms with Crippen LogP contribution in [0.25, 0.3) is 0 Å². The van der Waals surface area contributed by atoms with E-state index in [2.05, 4.69) is 5.32 Å². The van der Waals surface area contributed by atoms with Gasteiger partial charge < -0.3 is 20.1 Å². The quantitative estimate of drug-likeness (QED) is 0.546. The van der Waals surface area contributed by atoms with Crippen LogP contribution in [0.15, 0.2) is 24.3 Å². The van der Waals surface area contributed by atoms with E-state index in [9.17, 15) is 0 Å². The molecule has 1 aliphatic heterocycles. The number of morpholine rings is 1. The average molecular weight is 207 g/mol.